The zero-order valence-electron chi connectivity index (χ0n) is 10.7. The van der Waals surface area contributed by atoms with Crippen molar-refractivity contribution < 1.29 is 0 Å². The highest BCUT2D eigenvalue weighted by Crippen LogP contribution is 2.31. The maximum absolute atomic E-state index is 6.37. The Morgan fingerprint density at radius 3 is 2.63 bits per heavy atom. The Morgan fingerprint density at radius 1 is 1.16 bits per heavy atom. The topological polar surface area (TPSA) is 28.2 Å². The molecular weight excluding hydrogens is 281 g/mol. The molecule has 0 atom stereocenters. The van der Waals surface area contributed by atoms with Gasteiger partial charge in [-0.1, -0.05) is 29.3 Å². The molecule has 3 rings (SSSR count). The van der Waals surface area contributed by atoms with Gasteiger partial charge in [0.2, 0.25) is 0 Å². The lowest BCUT2D eigenvalue weighted by molar-refractivity contribution is 0.585. The van der Waals surface area contributed by atoms with E-state index in [1.165, 1.54) is 0 Å². The molecule has 5 heteroatoms. The van der Waals surface area contributed by atoms with Gasteiger partial charge in [0.25, 0.3) is 0 Å². The lowest BCUT2D eigenvalue weighted by Gasteiger charge is -2.29. The van der Waals surface area contributed by atoms with Gasteiger partial charge in [-0.2, -0.15) is 0 Å². The fourth-order valence-electron chi connectivity index (χ4n) is 2.42. The third-order valence-corrected chi connectivity index (χ3v) is 4.21. The second-order valence-corrected chi connectivity index (χ2v) is 5.59. The average Bonchev–Trinajstić information content (AvgIpc) is 2.44. The number of piperazine rings is 1. The Morgan fingerprint density at radius 2 is 1.89 bits per heavy atom. The van der Waals surface area contributed by atoms with Gasteiger partial charge >= 0.3 is 0 Å². The van der Waals surface area contributed by atoms with Gasteiger partial charge in [-0.05, 0) is 24.6 Å². The van der Waals surface area contributed by atoms with Crippen molar-refractivity contribution in [3.05, 3.63) is 33.8 Å². The molecule has 0 radical (unpaired) electrons. The number of nitrogens with one attached hydrogen (secondary N) is 1. The minimum atomic E-state index is 0.705. The Hall–Kier alpha value is -1.03. The van der Waals surface area contributed by atoms with E-state index in [1.54, 1.807) is 0 Å². The molecule has 2 heterocycles. The molecule has 1 fully saturated rings. The first-order chi connectivity index (χ1) is 9.16. The molecule has 0 saturated carbocycles. The van der Waals surface area contributed by atoms with Crippen LogP contribution < -0.4 is 10.2 Å². The summed E-state index contributed by atoms with van der Waals surface area (Å²) in [5, 5.41) is 5.81. The minimum Gasteiger partial charge on any atom is -0.353 e. The molecule has 1 aromatic heterocycles. The molecular formula is C14H15Cl2N3. The summed E-state index contributed by atoms with van der Waals surface area (Å²) >= 11 is 12.5. The number of halogens is 2. The molecule has 0 spiro atoms. The Bertz CT molecular complexity index is 622. The summed E-state index contributed by atoms with van der Waals surface area (Å²) in [6.07, 6.45) is 0. The number of nitrogens with zero attached hydrogens (tertiary/aromatic N) is 2. The summed E-state index contributed by atoms with van der Waals surface area (Å²) in [5.41, 5.74) is 1.94. The molecule has 0 bridgehead atoms. The molecule has 2 aromatic rings. The van der Waals surface area contributed by atoms with Gasteiger partial charge in [0.15, 0.2) is 0 Å². The third kappa shape index (κ3) is 2.38. The summed E-state index contributed by atoms with van der Waals surface area (Å²) < 4.78 is 0. The molecule has 1 saturated heterocycles. The molecule has 0 unspecified atom stereocenters. The number of anilines is 1. The molecule has 19 heavy (non-hydrogen) atoms. The van der Waals surface area contributed by atoms with Crippen LogP contribution in [-0.2, 0) is 0 Å². The molecule has 1 aliphatic heterocycles. The lowest BCUT2D eigenvalue weighted by Crippen LogP contribution is -2.44. The van der Waals surface area contributed by atoms with E-state index in [9.17, 15) is 0 Å². The third-order valence-electron chi connectivity index (χ3n) is 3.53. The largest absolute Gasteiger partial charge is 0.353 e. The van der Waals surface area contributed by atoms with Crippen LogP contribution in [0.1, 0.15) is 5.56 Å². The van der Waals surface area contributed by atoms with E-state index < -0.39 is 0 Å². The molecule has 1 aromatic carbocycles. The van der Waals surface area contributed by atoms with Crippen molar-refractivity contribution in [3.8, 4) is 0 Å². The van der Waals surface area contributed by atoms with Crippen LogP contribution >= 0.6 is 23.2 Å². The maximum atomic E-state index is 6.37. The zero-order chi connectivity index (χ0) is 13.4. The minimum absolute atomic E-state index is 0.705. The molecule has 100 valence electrons. The van der Waals surface area contributed by atoms with Crippen LogP contribution in [0, 0.1) is 6.92 Å². The number of hydrogen-bond acceptors (Lipinski definition) is 3. The summed E-state index contributed by atoms with van der Waals surface area (Å²) in [4.78, 5) is 6.96. The second-order valence-electron chi connectivity index (χ2n) is 4.77. The van der Waals surface area contributed by atoms with Crippen LogP contribution in [0.2, 0.25) is 10.0 Å². The van der Waals surface area contributed by atoms with Crippen LogP contribution in [-0.4, -0.2) is 31.2 Å². The van der Waals surface area contributed by atoms with Crippen LogP contribution in [0.4, 0.5) is 5.82 Å². The van der Waals surface area contributed by atoms with Crippen LogP contribution in [0.25, 0.3) is 10.9 Å². The van der Waals surface area contributed by atoms with E-state index >= 15 is 0 Å². The first kappa shape index (κ1) is 13.0. The fraction of sp³-hybridized carbons (Fsp3) is 0.357. The summed E-state index contributed by atoms with van der Waals surface area (Å²) in [7, 11) is 0. The van der Waals surface area contributed by atoms with Crippen molar-refractivity contribution in [2.24, 2.45) is 0 Å². The molecule has 1 N–H and O–H groups in total. The standard InChI is InChI=1S/C14H15Cl2N3/c1-9-11(15)3-2-10-8-12(16)14(18-13(9)10)19-6-4-17-5-7-19/h2-3,8,17H,4-7H2,1H3. The number of benzene rings is 1. The van der Waals surface area contributed by atoms with Gasteiger partial charge in [-0.25, -0.2) is 4.98 Å². The fourth-order valence-corrected chi connectivity index (χ4v) is 2.85. The Labute approximate surface area is 122 Å². The van der Waals surface area contributed by atoms with Crippen molar-refractivity contribution in [2.75, 3.05) is 31.1 Å². The summed E-state index contributed by atoms with van der Waals surface area (Å²) in [6, 6.07) is 5.83. The van der Waals surface area contributed by atoms with E-state index in [4.69, 9.17) is 28.2 Å². The van der Waals surface area contributed by atoms with Gasteiger partial charge in [0.05, 0.1) is 10.5 Å². The van der Waals surface area contributed by atoms with E-state index in [2.05, 4.69) is 10.2 Å². The quantitative estimate of drug-likeness (QED) is 0.875. The van der Waals surface area contributed by atoms with E-state index in [-0.39, 0.29) is 0 Å². The van der Waals surface area contributed by atoms with Gasteiger partial charge < -0.3 is 10.2 Å². The number of pyridine rings is 1. The maximum Gasteiger partial charge on any atom is 0.148 e. The van der Waals surface area contributed by atoms with Gasteiger partial charge in [-0.15, -0.1) is 0 Å². The number of fused-ring (bicyclic) bond motifs is 1. The van der Waals surface area contributed by atoms with Crippen LogP contribution in [0.3, 0.4) is 0 Å². The zero-order valence-corrected chi connectivity index (χ0v) is 12.2. The molecule has 3 nitrogen and oxygen atoms in total. The predicted molar refractivity (Wildman–Crippen MR) is 81.6 cm³/mol. The number of aromatic nitrogens is 1. The van der Waals surface area contributed by atoms with Crippen molar-refractivity contribution in [2.45, 2.75) is 6.92 Å². The molecule has 0 aliphatic carbocycles. The van der Waals surface area contributed by atoms with Crippen molar-refractivity contribution in [1.82, 2.24) is 10.3 Å². The first-order valence-electron chi connectivity index (χ1n) is 6.38. The highest BCUT2D eigenvalue weighted by Gasteiger charge is 2.16. The summed E-state index contributed by atoms with van der Waals surface area (Å²) in [6.45, 7) is 5.78. The van der Waals surface area contributed by atoms with Gasteiger partial charge in [0.1, 0.15) is 5.82 Å². The highest BCUT2D eigenvalue weighted by atomic mass is 35.5. The lowest BCUT2D eigenvalue weighted by atomic mass is 10.1. The monoisotopic (exact) mass is 295 g/mol. The highest BCUT2D eigenvalue weighted by molar-refractivity contribution is 6.34. The predicted octanol–water partition coefficient (Wildman–Crippen LogP) is 3.26. The van der Waals surface area contributed by atoms with Crippen molar-refractivity contribution >= 4 is 39.9 Å². The van der Waals surface area contributed by atoms with Crippen LogP contribution in [0.5, 0.6) is 0 Å². The normalized spacial score (nSPS) is 16.1. The molecule has 0 amide bonds. The van der Waals surface area contributed by atoms with Gasteiger partial charge in [0, 0.05) is 36.6 Å². The van der Waals surface area contributed by atoms with E-state index in [0.29, 0.717) is 5.02 Å². The number of hydrogen-bond donors (Lipinski definition) is 1. The van der Waals surface area contributed by atoms with E-state index in [0.717, 1.165) is 53.5 Å². The second kappa shape index (κ2) is 5.16. The van der Waals surface area contributed by atoms with Gasteiger partial charge in [-0.3, -0.25) is 0 Å². The SMILES string of the molecule is Cc1c(Cl)ccc2cc(Cl)c(N3CCNCC3)nc12. The van der Waals surface area contributed by atoms with Crippen LogP contribution in [0.15, 0.2) is 18.2 Å². The first-order valence-corrected chi connectivity index (χ1v) is 7.13. The molecule has 1 aliphatic rings. The number of rotatable bonds is 1. The smallest absolute Gasteiger partial charge is 0.148 e. The Kier molecular flexibility index (Phi) is 3.52. The number of aryl methyl sites for hydroxylation is 1. The average molecular weight is 296 g/mol. The summed E-state index contributed by atoms with van der Waals surface area (Å²) in [5.74, 6) is 0.862. The van der Waals surface area contributed by atoms with Crippen molar-refractivity contribution in [1.29, 1.82) is 0 Å². The Balaban J connectivity index is 2.14. The van der Waals surface area contributed by atoms with E-state index in [1.807, 2.05) is 25.1 Å². The van der Waals surface area contributed by atoms with Crippen molar-refractivity contribution in [3.63, 3.8) is 0 Å².